The molecule has 2 aromatic rings. The summed E-state index contributed by atoms with van der Waals surface area (Å²) in [4.78, 5) is 37.5. The normalized spacial score (nSPS) is 11.3. The summed E-state index contributed by atoms with van der Waals surface area (Å²) in [5.74, 6) is -3.65. The number of amides is 1. The highest BCUT2D eigenvalue weighted by molar-refractivity contribution is 7.14. The van der Waals surface area contributed by atoms with Crippen molar-refractivity contribution in [1.82, 2.24) is 4.98 Å². The smallest absolute Gasteiger partial charge is 0.358 e. The van der Waals surface area contributed by atoms with Crippen LogP contribution in [0, 0.1) is 28.4 Å². The van der Waals surface area contributed by atoms with Gasteiger partial charge in [0.2, 0.25) is 5.78 Å². The van der Waals surface area contributed by atoms with E-state index in [4.69, 9.17) is 0 Å². The van der Waals surface area contributed by atoms with Gasteiger partial charge in [0.05, 0.1) is 11.4 Å². The van der Waals surface area contributed by atoms with Crippen molar-refractivity contribution < 1.29 is 14.5 Å². The Kier molecular flexibility index (Phi) is 4.78. The molecule has 1 aromatic carbocycles. The Balaban J connectivity index is 2.17. The number of rotatable bonds is 5. The molecule has 1 aromatic heterocycles. The van der Waals surface area contributed by atoms with Crippen LogP contribution in [0.2, 0.25) is 0 Å². The minimum atomic E-state index is -1.24. The van der Waals surface area contributed by atoms with Crippen molar-refractivity contribution in [2.45, 2.75) is 12.8 Å². The van der Waals surface area contributed by atoms with E-state index in [1.165, 1.54) is 0 Å². The van der Waals surface area contributed by atoms with Crippen molar-refractivity contribution in [3.63, 3.8) is 0 Å². The molecule has 2 rings (SSSR count). The molecule has 0 aliphatic rings. The number of carbonyl (C=O) groups is 2. The zero-order valence-corrected chi connectivity index (χ0v) is 12.7. The molecule has 0 unspecified atom stereocenters. The SMILES string of the molecule is Cc1ccccc1[C@@H](C#N)C(=O)C(=O)Nc1nc([N+](=O)[O-])cs1. The van der Waals surface area contributed by atoms with Crippen LogP contribution in [-0.4, -0.2) is 21.6 Å². The second-order valence-electron chi connectivity index (χ2n) is 4.51. The number of aromatic nitrogens is 1. The van der Waals surface area contributed by atoms with E-state index in [0.717, 1.165) is 16.7 Å². The molecular formula is C14H10N4O4S. The van der Waals surface area contributed by atoms with Gasteiger partial charge in [-0.2, -0.15) is 5.26 Å². The van der Waals surface area contributed by atoms with Gasteiger partial charge in [-0.3, -0.25) is 14.9 Å². The zero-order valence-electron chi connectivity index (χ0n) is 11.8. The lowest BCUT2D eigenvalue weighted by molar-refractivity contribution is -0.389. The van der Waals surface area contributed by atoms with Crippen molar-refractivity contribution in [1.29, 1.82) is 5.26 Å². The Morgan fingerprint density at radius 2 is 2.13 bits per heavy atom. The molecular weight excluding hydrogens is 320 g/mol. The molecule has 0 spiro atoms. The van der Waals surface area contributed by atoms with Gasteiger partial charge >= 0.3 is 10.9 Å². The third-order valence-electron chi connectivity index (χ3n) is 3.01. The van der Waals surface area contributed by atoms with Crippen LogP contribution >= 0.6 is 11.3 Å². The maximum absolute atomic E-state index is 12.2. The molecule has 0 saturated carbocycles. The van der Waals surface area contributed by atoms with Crippen LogP contribution in [0.25, 0.3) is 0 Å². The number of Topliss-reactive ketones (excluding diaryl/α,β-unsaturated/α-hetero) is 1. The molecule has 1 atom stereocenters. The lowest BCUT2D eigenvalue weighted by Crippen LogP contribution is -2.28. The number of carbonyl (C=O) groups excluding carboxylic acids is 2. The highest BCUT2D eigenvalue weighted by atomic mass is 32.1. The topological polar surface area (TPSA) is 126 Å². The van der Waals surface area contributed by atoms with E-state index in [1.54, 1.807) is 31.2 Å². The Hall–Kier alpha value is -3.12. The summed E-state index contributed by atoms with van der Waals surface area (Å²) in [6.45, 7) is 1.73. The molecule has 0 aliphatic heterocycles. The third kappa shape index (κ3) is 3.56. The Bertz CT molecular complexity index is 824. The van der Waals surface area contributed by atoms with E-state index in [1.807, 2.05) is 6.07 Å². The van der Waals surface area contributed by atoms with Gasteiger partial charge in [-0.1, -0.05) is 35.6 Å². The van der Waals surface area contributed by atoms with Crippen LogP contribution in [0.5, 0.6) is 0 Å². The van der Waals surface area contributed by atoms with Gasteiger partial charge in [0.1, 0.15) is 5.92 Å². The third-order valence-corrected chi connectivity index (χ3v) is 3.76. The molecule has 1 N–H and O–H groups in total. The molecule has 0 fully saturated rings. The number of nitriles is 1. The molecule has 0 saturated heterocycles. The number of benzene rings is 1. The molecule has 1 heterocycles. The molecule has 23 heavy (non-hydrogen) atoms. The van der Waals surface area contributed by atoms with E-state index >= 15 is 0 Å². The van der Waals surface area contributed by atoms with Crippen molar-refractivity contribution in [3.8, 4) is 6.07 Å². The van der Waals surface area contributed by atoms with Crippen LogP contribution in [-0.2, 0) is 9.59 Å². The number of hydrogen-bond acceptors (Lipinski definition) is 7. The first-order chi connectivity index (χ1) is 10.9. The maximum Gasteiger partial charge on any atom is 0.376 e. The average molecular weight is 330 g/mol. The van der Waals surface area contributed by atoms with Crippen LogP contribution in [0.4, 0.5) is 10.9 Å². The number of nitro groups is 1. The number of anilines is 1. The average Bonchev–Trinajstić information content (AvgIpc) is 2.98. The minimum absolute atomic E-state index is 0.0727. The van der Waals surface area contributed by atoms with Crippen LogP contribution < -0.4 is 5.32 Å². The van der Waals surface area contributed by atoms with Gasteiger partial charge < -0.3 is 10.1 Å². The van der Waals surface area contributed by atoms with Crippen LogP contribution in [0.1, 0.15) is 17.0 Å². The molecule has 116 valence electrons. The number of aryl methyl sites for hydroxylation is 1. The molecule has 8 nitrogen and oxygen atoms in total. The lowest BCUT2D eigenvalue weighted by atomic mass is 9.92. The van der Waals surface area contributed by atoms with Gasteiger partial charge in [-0.05, 0) is 28.0 Å². The Labute approximate surface area is 134 Å². The second-order valence-corrected chi connectivity index (χ2v) is 5.36. The van der Waals surface area contributed by atoms with E-state index in [-0.39, 0.29) is 5.13 Å². The van der Waals surface area contributed by atoms with Gasteiger partial charge in [0.15, 0.2) is 0 Å². The van der Waals surface area contributed by atoms with Crippen molar-refractivity contribution in [2.75, 3.05) is 5.32 Å². The fourth-order valence-corrected chi connectivity index (χ4v) is 2.53. The number of hydrogen-bond donors (Lipinski definition) is 1. The summed E-state index contributed by atoms with van der Waals surface area (Å²) < 4.78 is 0. The lowest BCUT2D eigenvalue weighted by Gasteiger charge is -2.10. The van der Waals surface area contributed by atoms with Crippen molar-refractivity contribution >= 4 is 34.0 Å². The van der Waals surface area contributed by atoms with Crippen molar-refractivity contribution in [3.05, 3.63) is 50.9 Å². The highest BCUT2D eigenvalue weighted by Gasteiger charge is 2.29. The summed E-state index contributed by atoms with van der Waals surface area (Å²) >= 11 is 0.822. The van der Waals surface area contributed by atoms with E-state index in [2.05, 4.69) is 10.3 Å². The van der Waals surface area contributed by atoms with Crippen LogP contribution in [0.3, 0.4) is 0 Å². The maximum atomic E-state index is 12.2. The molecule has 1 amide bonds. The monoisotopic (exact) mass is 330 g/mol. The van der Waals surface area contributed by atoms with E-state index < -0.39 is 28.3 Å². The summed E-state index contributed by atoms with van der Waals surface area (Å²) in [7, 11) is 0. The minimum Gasteiger partial charge on any atom is -0.358 e. The largest absolute Gasteiger partial charge is 0.376 e. The fourth-order valence-electron chi connectivity index (χ4n) is 1.88. The van der Waals surface area contributed by atoms with Gasteiger partial charge in [-0.15, -0.1) is 0 Å². The summed E-state index contributed by atoms with van der Waals surface area (Å²) in [5.41, 5.74) is 1.16. The van der Waals surface area contributed by atoms with Gasteiger partial charge in [0, 0.05) is 0 Å². The quantitative estimate of drug-likeness (QED) is 0.508. The Morgan fingerprint density at radius 1 is 1.43 bits per heavy atom. The summed E-state index contributed by atoms with van der Waals surface area (Å²) in [6, 6.07) is 8.57. The van der Waals surface area contributed by atoms with E-state index in [9.17, 15) is 25.0 Å². The first-order valence-electron chi connectivity index (χ1n) is 6.34. The second kappa shape index (κ2) is 6.76. The standard InChI is InChI=1S/C14H10N4O4S/c1-8-4-2-3-5-9(8)10(6-15)12(19)13(20)17-14-16-11(7-23-14)18(21)22/h2-5,7,10H,1H3,(H,16,17,20)/t10-/m1/s1. The fraction of sp³-hybridized carbons (Fsp3) is 0.143. The predicted molar refractivity (Wildman–Crippen MR) is 81.9 cm³/mol. The first kappa shape index (κ1) is 16.3. The highest BCUT2D eigenvalue weighted by Crippen LogP contribution is 2.23. The summed E-state index contributed by atoms with van der Waals surface area (Å²) in [6.07, 6.45) is 0. The molecule has 0 aliphatic carbocycles. The number of thiazole rings is 1. The predicted octanol–water partition coefficient (Wildman–Crippen LogP) is 2.17. The van der Waals surface area contributed by atoms with E-state index in [0.29, 0.717) is 11.1 Å². The first-order valence-corrected chi connectivity index (χ1v) is 7.22. The van der Waals surface area contributed by atoms with Crippen molar-refractivity contribution in [2.24, 2.45) is 0 Å². The van der Waals surface area contributed by atoms with Crippen LogP contribution in [0.15, 0.2) is 29.6 Å². The Morgan fingerprint density at radius 3 is 2.70 bits per heavy atom. The molecule has 0 radical (unpaired) electrons. The zero-order chi connectivity index (χ0) is 17.0. The number of nitrogens with zero attached hydrogens (tertiary/aromatic N) is 3. The molecule has 0 bridgehead atoms. The molecule has 9 heteroatoms. The number of ketones is 1. The van der Waals surface area contributed by atoms with Gasteiger partial charge in [0.25, 0.3) is 5.91 Å². The van der Waals surface area contributed by atoms with Gasteiger partial charge in [-0.25, -0.2) is 0 Å². The summed E-state index contributed by atoms with van der Waals surface area (Å²) in [5, 5.41) is 23.0. The number of nitrogens with one attached hydrogen (secondary N) is 1.